The van der Waals surface area contributed by atoms with Crippen LogP contribution in [0.3, 0.4) is 0 Å². The standard InChI is InChI=1S/C21H21F3N2O2/c22-21(23,24)20-18(7-4-8-25-20)19(27)15-9-16-12-28-13-17(10-15)26(16)11-14-5-2-1-3-6-14/h1-8,15-17H,9-13H2. The molecule has 0 amide bonds. The Morgan fingerprint density at radius 2 is 1.75 bits per heavy atom. The number of ketones is 1. The van der Waals surface area contributed by atoms with E-state index in [9.17, 15) is 18.0 Å². The van der Waals surface area contributed by atoms with Crippen LogP contribution in [-0.4, -0.2) is 41.0 Å². The van der Waals surface area contributed by atoms with Gasteiger partial charge < -0.3 is 4.74 Å². The number of piperidine rings is 1. The van der Waals surface area contributed by atoms with E-state index in [1.807, 2.05) is 18.2 Å². The number of halogens is 3. The lowest BCUT2D eigenvalue weighted by atomic mass is 9.80. The van der Waals surface area contributed by atoms with Gasteiger partial charge in [0.1, 0.15) is 0 Å². The monoisotopic (exact) mass is 390 g/mol. The Morgan fingerprint density at radius 3 is 2.39 bits per heavy atom. The number of carbonyl (C=O) groups is 1. The minimum Gasteiger partial charge on any atom is -0.378 e. The summed E-state index contributed by atoms with van der Waals surface area (Å²) in [5.41, 5.74) is -0.237. The van der Waals surface area contributed by atoms with Crippen molar-refractivity contribution in [2.24, 2.45) is 5.92 Å². The van der Waals surface area contributed by atoms with E-state index in [-0.39, 0.29) is 17.6 Å². The highest BCUT2D eigenvalue weighted by atomic mass is 19.4. The molecule has 2 aromatic rings. The molecule has 2 unspecified atom stereocenters. The Hall–Kier alpha value is -2.25. The van der Waals surface area contributed by atoms with Crippen molar-refractivity contribution in [3.05, 3.63) is 65.5 Å². The van der Waals surface area contributed by atoms with Gasteiger partial charge in [0.05, 0.1) is 13.2 Å². The fraction of sp³-hybridized carbons (Fsp3) is 0.429. The Labute approximate surface area is 161 Å². The molecule has 2 atom stereocenters. The molecule has 0 saturated carbocycles. The van der Waals surface area contributed by atoms with E-state index in [1.165, 1.54) is 17.7 Å². The number of benzene rings is 1. The van der Waals surface area contributed by atoms with Gasteiger partial charge in [0, 0.05) is 36.3 Å². The quantitative estimate of drug-likeness (QED) is 0.741. The number of rotatable bonds is 4. The van der Waals surface area contributed by atoms with Crippen molar-refractivity contribution in [3.63, 3.8) is 0 Å². The van der Waals surface area contributed by atoms with E-state index in [0.29, 0.717) is 26.1 Å². The molecule has 0 spiro atoms. The fourth-order valence-electron chi connectivity index (χ4n) is 4.31. The number of ether oxygens (including phenoxy) is 1. The van der Waals surface area contributed by atoms with E-state index < -0.39 is 23.6 Å². The van der Waals surface area contributed by atoms with Gasteiger partial charge in [-0.05, 0) is 30.5 Å². The summed E-state index contributed by atoms with van der Waals surface area (Å²) in [6.45, 7) is 1.74. The summed E-state index contributed by atoms with van der Waals surface area (Å²) in [4.78, 5) is 18.7. The normalized spacial score (nSPS) is 25.5. The first-order chi connectivity index (χ1) is 13.4. The van der Waals surface area contributed by atoms with Crippen molar-refractivity contribution >= 4 is 5.78 Å². The molecule has 0 aliphatic carbocycles. The molecule has 28 heavy (non-hydrogen) atoms. The summed E-state index contributed by atoms with van der Waals surface area (Å²) in [7, 11) is 0. The van der Waals surface area contributed by atoms with Gasteiger partial charge in [-0.3, -0.25) is 14.7 Å². The molecular weight excluding hydrogens is 369 g/mol. The molecule has 2 fully saturated rings. The largest absolute Gasteiger partial charge is 0.434 e. The van der Waals surface area contributed by atoms with Crippen LogP contribution in [0, 0.1) is 5.92 Å². The smallest absolute Gasteiger partial charge is 0.378 e. The van der Waals surface area contributed by atoms with Crippen molar-refractivity contribution in [3.8, 4) is 0 Å². The second kappa shape index (κ2) is 7.64. The van der Waals surface area contributed by atoms with Crippen LogP contribution in [-0.2, 0) is 17.5 Å². The van der Waals surface area contributed by atoms with E-state index in [1.54, 1.807) is 0 Å². The van der Waals surface area contributed by atoms with E-state index in [4.69, 9.17) is 4.74 Å². The van der Waals surface area contributed by atoms with Crippen LogP contribution >= 0.6 is 0 Å². The van der Waals surface area contributed by atoms with E-state index in [0.717, 1.165) is 12.7 Å². The minimum absolute atomic E-state index is 0.0210. The maximum Gasteiger partial charge on any atom is 0.434 e. The lowest BCUT2D eigenvalue weighted by Gasteiger charge is -2.48. The highest BCUT2D eigenvalue weighted by molar-refractivity contribution is 5.99. The second-order valence-corrected chi connectivity index (χ2v) is 7.43. The molecule has 2 aliphatic heterocycles. The Bertz CT molecular complexity index is 827. The van der Waals surface area contributed by atoms with Crippen LogP contribution in [0.15, 0.2) is 48.7 Å². The van der Waals surface area contributed by atoms with Crippen LogP contribution < -0.4 is 0 Å². The lowest BCUT2D eigenvalue weighted by Crippen LogP contribution is -2.57. The second-order valence-electron chi connectivity index (χ2n) is 7.43. The van der Waals surface area contributed by atoms with Crippen molar-refractivity contribution in [2.75, 3.05) is 13.2 Å². The van der Waals surface area contributed by atoms with Crippen LogP contribution in [0.4, 0.5) is 13.2 Å². The van der Waals surface area contributed by atoms with Crippen LogP contribution in [0.1, 0.15) is 34.5 Å². The topological polar surface area (TPSA) is 42.4 Å². The predicted molar refractivity (Wildman–Crippen MR) is 96.7 cm³/mol. The number of aromatic nitrogens is 1. The van der Waals surface area contributed by atoms with Gasteiger partial charge in [0.25, 0.3) is 0 Å². The molecule has 3 heterocycles. The molecule has 4 rings (SSSR count). The van der Waals surface area contributed by atoms with Crippen LogP contribution in [0.5, 0.6) is 0 Å². The summed E-state index contributed by atoms with van der Waals surface area (Å²) in [6, 6.07) is 12.7. The number of fused-ring (bicyclic) bond motifs is 2. The van der Waals surface area contributed by atoms with Crippen molar-refractivity contribution in [2.45, 2.75) is 37.6 Å². The van der Waals surface area contributed by atoms with Gasteiger partial charge in [-0.1, -0.05) is 30.3 Å². The summed E-state index contributed by atoms with van der Waals surface area (Å²) in [5.74, 6) is -0.909. The average molecular weight is 390 g/mol. The molecule has 4 nitrogen and oxygen atoms in total. The molecular formula is C21H21F3N2O2. The molecule has 1 aromatic carbocycles. The van der Waals surface area contributed by atoms with Crippen LogP contribution in [0.2, 0.25) is 0 Å². The van der Waals surface area contributed by atoms with Gasteiger partial charge in [0.15, 0.2) is 11.5 Å². The number of morpholine rings is 1. The summed E-state index contributed by atoms with van der Waals surface area (Å²) < 4.78 is 45.5. The molecule has 148 valence electrons. The van der Waals surface area contributed by atoms with Gasteiger partial charge in [-0.15, -0.1) is 0 Å². The summed E-state index contributed by atoms with van der Waals surface area (Å²) in [5, 5.41) is 0. The number of Topliss-reactive ketones (excluding diaryl/α,β-unsaturated/α-hetero) is 1. The van der Waals surface area contributed by atoms with Gasteiger partial charge >= 0.3 is 6.18 Å². The third-order valence-corrected chi connectivity index (χ3v) is 5.59. The van der Waals surface area contributed by atoms with Crippen molar-refractivity contribution in [1.29, 1.82) is 0 Å². The van der Waals surface area contributed by atoms with Crippen molar-refractivity contribution < 1.29 is 22.7 Å². The highest BCUT2D eigenvalue weighted by Gasteiger charge is 2.44. The Kier molecular flexibility index (Phi) is 5.21. The molecule has 0 radical (unpaired) electrons. The Balaban J connectivity index is 1.54. The number of pyridine rings is 1. The number of carbonyl (C=O) groups excluding carboxylic acids is 1. The SMILES string of the molecule is O=C(c1cccnc1C(F)(F)F)C1CC2COCC(C1)N2Cc1ccccc1. The zero-order valence-electron chi connectivity index (χ0n) is 15.2. The van der Waals surface area contributed by atoms with E-state index >= 15 is 0 Å². The van der Waals surface area contributed by atoms with Gasteiger partial charge in [-0.2, -0.15) is 13.2 Å². The molecule has 0 N–H and O–H groups in total. The maximum atomic E-state index is 13.3. The zero-order chi connectivity index (χ0) is 19.7. The first-order valence-corrected chi connectivity index (χ1v) is 9.37. The Morgan fingerprint density at radius 1 is 1.07 bits per heavy atom. The minimum atomic E-state index is -4.64. The third-order valence-electron chi connectivity index (χ3n) is 5.59. The highest BCUT2D eigenvalue weighted by Crippen LogP contribution is 2.37. The molecule has 2 bridgehead atoms. The summed E-state index contributed by atoms with van der Waals surface area (Å²) >= 11 is 0. The molecule has 1 aromatic heterocycles. The number of alkyl halides is 3. The maximum absolute atomic E-state index is 13.3. The fourth-order valence-corrected chi connectivity index (χ4v) is 4.31. The predicted octanol–water partition coefficient (Wildman–Crippen LogP) is 3.96. The molecule has 7 heteroatoms. The van der Waals surface area contributed by atoms with Crippen molar-refractivity contribution in [1.82, 2.24) is 9.88 Å². The molecule has 2 saturated heterocycles. The lowest BCUT2D eigenvalue weighted by molar-refractivity contribution is -0.141. The van der Waals surface area contributed by atoms with E-state index in [2.05, 4.69) is 22.0 Å². The molecule has 2 aliphatic rings. The number of nitrogens with zero attached hydrogens (tertiary/aromatic N) is 2. The first-order valence-electron chi connectivity index (χ1n) is 9.37. The third kappa shape index (κ3) is 3.82. The number of hydrogen-bond donors (Lipinski definition) is 0. The average Bonchev–Trinajstić information content (AvgIpc) is 2.67. The van der Waals surface area contributed by atoms with Gasteiger partial charge in [-0.25, -0.2) is 0 Å². The van der Waals surface area contributed by atoms with Crippen LogP contribution in [0.25, 0.3) is 0 Å². The number of hydrogen-bond acceptors (Lipinski definition) is 4. The first kappa shape index (κ1) is 19.1. The zero-order valence-corrected chi connectivity index (χ0v) is 15.2. The van der Waals surface area contributed by atoms with Gasteiger partial charge in [0.2, 0.25) is 0 Å². The summed E-state index contributed by atoms with van der Waals surface area (Å²) in [6.07, 6.45) is -2.58.